The van der Waals surface area contributed by atoms with E-state index in [4.69, 9.17) is 9.40 Å². The predicted octanol–water partition coefficient (Wildman–Crippen LogP) is 4.96. The van der Waals surface area contributed by atoms with E-state index >= 15 is 0 Å². The second-order valence-corrected chi connectivity index (χ2v) is 9.04. The van der Waals surface area contributed by atoms with Crippen LogP contribution in [0.1, 0.15) is 87.8 Å². The van der Waals surface area contributed by atoms with Crippen LogP contribution in [0.25, 0.3) is 10.9 Å². The molecular formula is C24H30N4O2. The monoisotopic (exact) mass is 406 g/mol. The summed E-state index contributed by atoms with van der Waals surface area (Å²) in [5.41, 5.74) is 0.921. The number of oxazole rings is 1. The molecule has 0 N–H and O–H groups in total. The first-order valence-electron chi connectivity index (χ1n) is 11.3. The number of benzene rings is 1. The molecule has 2 aliphatic rings. The van der Waals surface area contributed by atoms with Crippen LogP contribution in [0.4, 0.5) is 0 Å². The Morgan fingerprint density at radius 2 is 1.93 bits per heavy atom. The average molecular weight is 407 g/mol. The van der Waals surface area contributed by atoms with E-state index in [0.717, 1.165) is 60.6 Å². The molecule has 1 atom stereocenters. The molecule has 5 rings (SSSR count). The molecule has 2 fully saturated rings. The number of likely N-dealkylation sites (tertiary alicyclic amines) is 1. The van der Waals surface area contributed by atoms with Crippen molar-refractivity contribution in [1.82, 2.24) is 19.4 Å². The molecule has 1 aliphatic carbocycles. The van der Waals surface area contributed by atoms with E-state index in [2.05, 4.69) is 23.7 Å². The topological polar surface area (TPSA) is 64.2 Å². The molecule has 158 valence electrons. The molecule has 6 heteroatoms. The number of para-hydroxylation sites is 1. The molecule has 1 aliphatic heterocycles. The molecular weight excluding hydrogens is 376 g/mol. The Morgan fingerprint density at radius 1 is 1.13 bits per heavy atom. The smallest absolute Gasteiger partial charge is 0.261 e. The van der Waals surface area contributed by atoms with Gasteiger partial charge >= 0.3 is 0 Å². The van der Waals surface area contributed by atoms with Crippen molar-refractivity contribution in [2.24, 2.45) is 0 Å². The van der Waals surface area contributed by atoms with Crippen LogP contribution in [-0.4, -0.2) is 26.0 Å². The van der Waals surface area contributed by atoms with E-state index in [1.165, 1.54) is 12.8 Å². The Kier molecular flexibility index (Phi) is 5.19. The van der Waals surface area contributed by atoms with Gasteiger partial charge in [-0.3, -0.25) is 14.3 Å². The van der Waals surface area contributed by atoms with Gasteiger partial charge in [0.2, 0.25) is 5.89 Å². The van der Waals surface area contributed by atoms with Crippen LogP contribution >= 0.6 is 0 Å². The number of hydrogen-bond acceptors (Lipinski definition) is 5. The molecule has 1 saturated carbocycles. The highest BCUT2D eigenvalue weighted by Crippen LogP contribution is 2.36. The van der Waals surface area contributed by atoms with Crippen molar-refractivity contribution in [3.05, 3.63) is 58.3 Å². The summed E-state index contributed by atoms with van der Waals surface area (Å²) in [6.07, 6.45) is 8.45. The Hall–Kier alpha value is -2.47. The lowest BCUT2D eigenvalue weighted by atomic mass is 10.1. The van der Waals surface area contributed by atoms with E-state index in [0.29, 0.717) is 12.5 Å². The Labute approximate surface area is 176 Å². The first-order valence-corrected chi connectivity index (χ1v) is 11.3. The molecule has 30 heavy (non-hydrogen) atoms. The average Bonchev–Trinajstić information content (AvgIpc) is 3.50. The molecule has 1 aromatic carbocycles. The fraction of sp³-hybridized carbons (Fsp3) is 0.542. The minimum atomic E-state index is 0.118. The lowest BCUT2D eigenvalue weighted by Crippen LogP contribution is -2.33. The lowest BCUT2D eigenvalue weighted by Gasteiger charge is -2.27. The minimum absolute atomic E-state index is 0.118. The summed E-state index contributed by atoms with van der Waals surface area (Å²) in [7, 11) is 0. The lowest BCUT2D eigenvalue weighted by molar-refractivity contribution is 0.205. The highest BCUT2D eigenvalue weighted by atomic mass is 16.4. The maximum atomic E-state index is 13.5. The number of nitrogens with zero attached hydrogens (tertiary/aromatic N) is 4. The number of rotatable bonds is 5. The Balaban J connectivity index is 1.54. The number of aromatic nitrogens is 3. The van der Waals surface area contributed by atoms with E-state index in [1.807, 2.05) is 35.0 Å². The van der Waals surface area contributed by atoms with Gasteiger partial charge in [-0.2, -0.15) is 0 Å². The van der Waals surface area contributed by atoms with Crippen LogP contribution in [0.2, 0.25) is 0 Å². The number of hydrogen-bond donors (Lipinski definition) is 0. The molecule has 0 amide bonds. The van der Waals surface area contributed by atoms with Gasteiger partial charge in [-0.25, -0.2) is 9.97 Å². The Morgan fingerprint density at radius 3 is 2.70 bits per heavy atom. The summed E-state index contributed by atoms with van der Waals surface area (Å²) in [6, 6.07) is 8.15. The number of fused-ring (bicyclic) bond motifs is 1. The summed E-state index contributed by atoms with van der Waals surface area (Å²) < 4.78 is 8.01. The summed E-state index contributed by atoms with van der Waals surface area (Å²) in [6.45, 7) is 5.85. The van der Waals surface area contributed by atoms with Gasteiger partial charge in [-0.1, -0.05) is 38.8 Å². The predicted molar refractivity (Wildman–Crippen MR) is 116 cm³/mol. The Bertz CT molecular complexity index is 1090. The van der Waals surface area contributed by atoms with Gasteiger partial charge in [0, 0.05) is 12.0 Å². The van der Waals surface area contributed by atoms with Gasteiger partial charge in [0.25, 0.3) is 5.56 Å². The van der Waals surface area contributed by atoms with Gasteiger partial charge in [-0.05, 0) is 44.4 Å². The SMILES string of the molecule is CC(C)c1cnc(CN2CCCC2c2nc3ccccc3c(=O)n2C2CCCC2)o1. The summed E-state index contributed by atoms with van der Waals surface area (Å²) in [4.78, 5) is 25.5. The van der Waals surface area contributed by atoms with E-state index < -0.39 is 0 Å². The molecule has 0 radical (unpaired) electrons. The highest BCUT2D eigenvalue weighted by molar-refractivity contribution is 5.77. The summed E-state index contributed by atoms with van der Waals surface area (Å²) in [5.74, 6) is 2.93. The molecule has 1 saturated heterocycles. The van der Waals surface area contributed by atoms with Crippen molar-refractivity contribution in [1.29, 1.82) is 0 Å². The second-order valence-electron chi connectivity index (χ2n) is 9.04. The molecule has 1 unspecified atom stereocenters. The zero-order valence-corrected chi connectivity index (χ0v) is 17.9. The molecule has 3 heterocycles. The molecule has 0 spiro atoms. The standard InChI is InChI=1S/C24H30N4O2/c1-16(2)21-14-25-22(30-21)15-27-13-7-12-20(27)23-26-19-11-6-5-10-18(19)24(29)28(23)17-8-3-4-9-17/h5-6,10-11,14,16-17,20H,3-4,7-9,12-13,15H2,1-2H3. The van der Waals surface area contributed by atoms with Crippen molar-refractivity contribution in [2.75, 3.05) is 6.54 Å². The third-order valence-electron chi connectivity index (χ3n) is 6.67. The van der Waals surface area contributed by atoms with Gasteiger partial charge < -0.3 is 4.42 Å². The second kappa shape index (κ2) is 7.99. The van der Waals surface area contributed by atoms with Crippen LogP contribution in [-0.2, 0) is 6.54 Å². The third kappa shape index (κ3) is 3.47. The van der Waals surface area contributed by atoms with Crippen molar-refractivity contribution >= 4 is 10.9 Å². The normalized spacial score (nSPS) is 20.7. The fourth-order valence-corrected chi connectivity index (χ4v) is 5.06. The van der Waals surface area contributed by atoms with Crippen molar-refractivity contribution < 1.29 is 4.42 Å². The molecule has 2 aromatic heterocycles. The minimum Gasteiger partial charge on any atom is -0.444 e. The molecule has 6 nitrogen and oxygen atoms in total. The zero-order valence-electron chi connectivity index (χ0n) is 17.9. The highest BCUT2D eigenvalue weighted by Gasteiger charge is 2.33. The van der Waals surface area contributed by atoms with Crippen LogP contribution in [0.5, 0.6) is 0 Å². The zero-order chi connectivity index (χ0) is 20.7. The van der Waals surface area contributed by atoms with E-state index in [1.54, 1.807) is 0 Å². The first kappa shape index (κ1) is 19.5. The third-order valence-corrected chi connectivity index (χ3v) is 6.67. The summed E-state index contributed by atoms with van der Waals surface area (Å²) >= 11 is 0. The van der Waals surface area contributed by atoms with Crippen molar-refractivity contribution in [3.63, 3.8) is 0 Å². The van der Waals surface area contributed by atoms with Crippen molar-refractivity contribution in [2.45, 2.75) is 76.9 Å². The maximum Gasteiger partial charge on any atom is 0.261 e. The van der Waals surface area contributed by atoms with Crippen LogP contribution in [0.3, 0.4) is 0 Å². The van der Waals surface area contributed by atoms with Crippen LogP contribution < -0.4 is 5.56 Å². The van der Waals surface area contributed by atoms with Crippen LogP contribution in [0, 0.1) is 0 Å². The van der Waals surface area contributed by atoms with E-state index in [-0.39, 0.29) is 17.6 Å². The van der Waals surface area contributed by atoms with Crippen LogP contribution in [0.15, 0.2) is 39.7 Å². The van der Waals surface area contributed by atoms with Gasteiger partial charge in [0.1, 0.15) is 11.6 Å². The van der Waals surface area contributed by atoms with Gasteiger partial charge in [0.05, 0.1) is 29.7 Å². The fourth-order valence-electron chi connectivity index (χ4n) is 5.06. The van der Waals surface area contributed by atoms with Gasteiger partial charge in [-0.15, -0.1) is 0 Å². The maximum absolute atomic E-state index is 13.5. The first-order chi connectivity index (χ1) is 14.6. The largest absolute Gasteiger partial charge is 0.444 e. The summed E-state index contributed by atoms with van der Waals surface area (Å²) in [5, 5.41) is 0.729. The molecule has 3 aromatic rings. The quantitative estimate of drug-likeness (QED) is 0.599. The van der Waals surface area contributed by atoms with E-state index in [9.17, 15) is 4.79 Å². The van der Waals surface area contributed by atoms with Crippen molar-refractivity contribution in [3.8, 4) is 0 Å². The molecule has 0 bridgehead atoms. The van der Waals surface area contributed by atoms with Gasteiger partial charge in [0.15, 0.2) is 0 Å².